The van der Waals surface area contributed by atoms with Gasteiger partial charge in [-0.2, -0.15) is 0 Å². The Balaban J connectivity index is 1.81. The lowest BCUT2D eigenvalue weighted by molar-refractivity contribution is 0.107. The molecule has 0 aliphatic heterocycles. The Morgan fingerprint density at radius 3 is 2.60 bits per heavy atom. The number of hydrogen-bond donors (Lipinski definition) is 4. The van der Waals surface area contributed by atoms with Gasteiger partial charge in [0, 0.05) is 17.6 Å². The standard InChI is InChI=1S/C16H23NO3/c18-9-13-11-5-7-14(17-10-3-1-2-4-10)16(20)12(11)6-8-15(13)19/h6,8,10,14,16-20H,1-5,7,9H2/t14-,16-/m1/s1. The maximum atomic E-state index is 10.6. The van der Waals surface area contributed by atoms with Crippen LogP contribution in [0.4, 0.5) is 0 Å². The topological polar surface area (TPSA) is 72.7 Å². The van der Waals surface area contributed by atoms with Crippen LogP contribution < -0.4 is 5.32 Å². The summed E-state index contributed by atoms with van der Waals surface area (Å²) in [6.07, 6.45) is 6.05. The van der Waals surface area contributed by atoms with E-state index in [-0.39, 0.29) is 18.4 Å². The molecule has 20 heavy (non-hydrogen) atoms. The smallest absolute Gasteiger partial charge is 0.121 e. The van der Waals surface area contributed by atoms with Gasteiger partial charge in [-0.05, 0) is 42.9 Å². The fourth-order valence-corrected chi connectivity index (χ4v) is 3.69. The summed E-state index contributed by atoms with van der Waals surface area (Å²) in [6.45, 7) is -0.178. The lowest BCUT2D eigenvalue weighted by Crippen LogP contribution is -2.43. The van der Waals surface area contributed by atoms with Gasteiger partial charge in [-0.3, -0.25) is 0 Å². The molecule has 2 aliphatic rings. The monoisotopic (exact) mass is 277 g/mol. The highest BCUT2D eigenvalue weighted by Crippen LogP contribution is 2.36. The number of phenols is 1. The van der Waals surface area contributed by atoms with Gasteiger partial charge in [0.2, 0.25) is 0 Å². The summed E-state index contributed by atoms with van der Waals surface area (Å²) in [5.41, 5.74) is 2.35. The van der Waals surface area contributed by atoms with Crippen molar-refractivity contribution in [3.63, 3.8) is 0 Å². The molecule has 4 nitrogen and oxygen atoms in total. The number of aliphatic hydroxyl groups excluding tert-OH is 2. The largest absolute Gasteiger partial charge is 0.508 e. The molecule has 110 valence electrons. The van der Waals surface area contributed by atoms with Crippen molar-refractivity contribution >= 4 is 0 Å². The summed E-state index contributed by atoms with van der Waals surface area (Å²) in [6, 6.07) is 3.98. The molecule has 4 N–H and O–H groups in total. The summed E-state index contributed by atoms with van der Waals surface area (Å²) >= 11 is 0. The normalized spacial score (nSPS) is 26.7. The van der Waals surface area contributed by atoms with E-state index in [1.54, 1.807) is 12.1 Å². The third-order valence-electron chi connectivity index (χ3n) is 4.81. The SMILES string of the molecule is OCc1c(O)ccc2c1CC[C@@H](NC1CCCC1)[C@@H]2O. The van der Waals surface area contributed by atoms with Crippen molar-refractivity contribution in [3.8, 4) is 5.75 Å². The van der Waals surface area contributed by atoms with Crippen LogP contribution in [0.15, 0.2) is 12.1 Å². The van der Waals surface area contributed by atoms with Crippen molar-refractivity contribution in [2.75, 3.05) is 0 Å². The van der Waals surface area contributed by atoms with Gasteiger partial charge in [0.05, 0.1) is 12.7 Å². The van der Waals surface area contributed by atoms with E-state index in [1.165, 1.54) is 25.7 Å². The molecule has 1 fully saturated rings. The second kappa shape index (κ2) is 5.72. The van der Waals surface area contributed by atoms with E-state index in [9.17, 15) is 15.3 Å². The average Bonchev–Trinajstić information content (AvgIpc) is 2.95. The van der Waals surface area contributed by atoms with Crippen LogP contribution in [0.1, 0.15) is 54.9 Å². The first kappa shape index (κ1) is 13.9. The van der Waals surface area contributed by atoms with Gasteiger partial charge < -0.3 is 20.6 Å². The Bertz CT molecular complexity index is 483. The highest BCUT2D eigenvalue weighted by Gasteiger charge is 2.31. The summed E-state index contributed by atoms with van der Waals surface area (Å²) in [4.78, 5) is 0. The zero-order chi connectivity index (χ0) is 14.1. The van der Waals surface area contributed by atoms with Crippen LogP contribution in [0.2, 0.25) is 0 Å². The van der Waals surface area contributed by atoms with Crippen LogP contribution in [-0.4, -0.2) is 27.4 Å². The maximum absolute atomic E-state index is 10.6. The molecule has 3 rings (SSSR count). The molecule has 0 radical (unpaired) electrons. The predicted molar refractivity (Wildman–Crippen MR) is 76.5 cm³/mol. The first-order valence-electron chi connectivity index (χ1n) is 7.59. The molecule has 1 aromatic rings. The van der Waals surface area contributed by atoms with E-state index in [2.05, 4.69) is 5.32 Å². The molecular formula is C16H23NO3. The van der Waals surface area contributed by atoms with Crippen LogP contribution in [0.3, 0.4) is 0 Å². The number of aliphatic hydroxyl groups is 2. The van der Waals surface area contributed by atoms with E-state index >= 15 is 0 Å². The Hall–Kier alpha value is -1.10. The fraction of sp³-hybridized carbons (Fsp3) is 0.625. The van der Waals surface area contributed by atoms with Crippen molar-refractivity contribution in [2.45, 2.75) is 63.3 Å². The summed E-state index contributed by atoms with van der Waals surface area (Å²) in [5, 5.41) is 33.3. The van der Waals surface area contributed by atoms with Crippen molar-refractivity contribution in [1.82, 2.24) is 5.32 Å². The molecule has 1 aromatic carbocycles. The van der Waals surface area contributed by atoms with E-state index in [1.807, 2.05) is 0 Å². The Labute approximate surface area is 119 Å². The van der Waals surface area contributed by atoms with E-state index in [0.717, 1.165) is 24.0 Å². The molecule has 0 aromatic heterocycles. The lowest BCUT2D eigenvalue weighted by Gasteiger charge is -2.34. The molecule has 0 amide bonds. The molecular weight excluding hydrogens is 254 g/mol. The minimum atomic E-state index is -0.551. The van der Waals surface area contributed by atoms with Crippen LogP contribution >= 0.6 is 0 Å². The lowest BCUT2D eigenvalue weighted by atomic mass is 9.82. The molecule has 4 heteroatoms. The Kier molecular flexibility index (Phi) is 3.96. The van der Waals surface area contributed by atoms with Crippen molar-refractivity contribution in [2.24, 2.45) is 0 Å². The first-order chi connectivity index (χ1) is 9.70. The Morgan fingerprint density at radius 2 is 1.90 bits per heavy atom. The minimum Gasteiger partial charge on any atom is -0.508 e. The number of fused-ring (bicyclic) bond motifs is 1. The average molecular weight is 277 g/mol. The molecule has 2 atom stereocenters. The van der Waals surface area contributed by atoms with Crippen molar-refractivity contribution < 1.29 is 15.3 Å². The van der Waals surface area contributed by atoms with Gasteiger partial charge in [0.25, 0.3) is 0 Å². The van der Waals surface area contributed by atoms with Crippen molar-refractivity contribution in [1.29, 1.82) is 0 Å². The maximum Gasteiger partial charge on any atom is 0.121 e. The van der Waals surface area contributed by atoms with E-state index in [4.69, 9.17) is 0 Å². The minimum absolute atomic E-state index is 0.0849. The molecule has 1 saturated carbocycles. The van der Waals surface area contributed by atoms with Gasteiger partial charge in [-0.1, -0.05) is 18.9 Å². The van der Waals surface area contributed by atoms with Crippen LogP contribution in [0.5, 0.6) is 5.75 Å². The van der Waals surface area contributed by atoms with Gasteiger partial charge in [0.1, 0.15) is 5.75 Å². The second-order valence-electron chi connectivity index (χ2n) is 6.03. The van der Waals surface area contributed by atoms with Gasteiger partial charge in [0.15, 0.2) is 0 Å². The van der Waals surface area contributed by atoms with Gasteiger partial charge in [-0.15, -0.1) is 0 Å². The highest BCUT2D eigenvalue weighted by atomic mass is 16.3. The van der Waals surface area contributed by atoms with E-state index in [0.29, 0.717) is 11.6 Å². The molecule has 0 bridgehead atoms. The summed E-state index contributed by atoms with van der Waals surface area (Å²) in [7, 11) is 0. The number of nitrogens with one attached hydrogen (secondary N) is 1. The van der Waals surface area contributed by atoms with Crippen LogP contribution in [0, 0.1) is 0 Å². The van der Waals surface area contributed by atoms with Gasteiger partial charge >= 0.3 is 0 Å². The number of hydrogen-bond acceptors (Lipinski definition) is 4. The summed E-state index contributed by atoms with van der Waals surface area (Å²) < 4.78 is 0. The Morgan fingerprint density at radius 1 is 1.15 bits per heavy atom. The van der Waals surface area contributed by atoms with Crippen LogP contribution in [-0.2, 0) is 13.0 Å². The molecule has 2 aliphatic carbocycles. The van der Waals surface area contributed by atoms with E-state index < -0.39 is 6.10 Å². The predicted octanol–water partition coefficient (Wildman–Crippen LogP) is 1.76. The molecule has 0 spiro atoms. The number of rotatable bonds is 3. The third kappa shape index (κ3) is 2.43. The zero-order valence-corrected chi connectivity index (χ0v) is 11.7. The number of aromatic hydroxyl groups is 1. The third-order valence-corrected chi connectivity index (χ3v) is 4.81. The molecule has 0 unspecified atom stereocenters. The fourth-order valence-electron chi connectivity index (χ4n) is 3.69. The molecule has 0 heterocycles. The summed E-state index contributed by atoms with van der Waals surface area (Å²) in [5.74, 6) is 0.126. The number of benzene rings is 1. The highest BCUT2D eigenvalue weighted by molar-refractivity contribution is 5.46. The van der Waals surface area contributed by atoms with Gasteiger partial charge in [-0.25, -0.2) is 0 Å². The van der Waals surface area contributed by atoms with Crippen LogP contribution in [0.25, 0.3) is 0 Å². The molecule has 0 saturated heterocycles. The second-order valence-corrected chi connectivity index (χ2v) is 6.03. The zero-order valence-electron chi connectivity index (χ0n) is 11.7. The van der Waals surface area contributed by atoms with Crippen molar-refractivity contribution in [3.05, 3.63) is 28.8 Å². The first-order valence-corrected chi connectivity index (χ1v) is 7.59. The quantitative estimate of drug-likeness (QED) is 0.679.